The molecule has 1 amide bonds. The van der Waals surface area contributed by atoms with Crippen molar-refractivity contribution in [1.29, 1.82) is 0 Å². The fraction of sp³-hybridized carbons (Fsp3) is 0.462. The Bertz CT molecular complexity index is 399. The van der Waals surface area contributed by atoms with Crippen molar-refractivity contribution in [1.82, 2.24) is 10.6 Å². The Morgan fingerprint density at radius 3 is 2.83 bits per heavy atom. The van der Waals surface area contributed by atoms with Crippen LogP contribution in [0, 0.1) is 6.92 Å². The van der Waals surface area contributed by atoms with E-state index in [1.54, 1.807) is 11.8 Å². The Kier molecular flexibility index (Phi) is 7.39. The molecule has 0 aliphatic rings. The van der Waals surface area contributed by atoms with Gasteiger partial charge in [-0.05, 0) is 37.2 Å². The van der Waals surface area contributed by atoms with Gasteiger partial charge in [-0.1, -0.05) is 22.9 Å². The minimum Gasteiger partial charge on any atom is -0.354 e. The fourth-order valence-corrected chi connectivity index (χ4v) is 2.75. The number of hydrogen-bond donors (Lipinski definition) is 2. The number of likely N-dealkylation sites (N-methyl/N-ethyl adjacent to an activating group) is 1. The van der Waals surface area contributed by atoms with Crippen LogP contribution in [0.2, 0.25) is 0 Å². The normalized spacial score (nSPS) is 10.4. The number of rotatable bonds is 7. The van der Waals surface area contributed by atoms with Gasteiger partial charge in [-0.15, -0.1) is 11.8 Å². The van der Waals surface area contributed by atoms with E-state index >= 15 is 0 Å². The molecule has 18 heavy (non-hydrogen) atoms. The van der Waals surface area contributed by atoms with E-state index in [1.807, 2.05) is 19.1 Å². The molecule has 3 nitrogen and oxygen atoms in total. The van der Waals surface area contributed by atoms with Gasteiger partial charge in [-0.2, -0.15) is 0 Å². The summed E-state index contributed by atoms with van der Waals surface area (Å²) in [6, 6.07) is 6.10. The lowest BCUT2D eigenvalue weighted by atomic mass is 10.2. The van der Waals surface area contributed by atoms with Crippen molar-refractivity contribution in [2.24, 2.45) is 0 Å². The summed E-state index contributed by atoms with van der Waals surface area (Å²) in [7, 11) is 0. The largest absolute Gasteiger partial charge is 0.354 e. The van der Waals surface area contributed by atoms with Gasteiger partial charge < -0.3 is 10.6 Å². The minimum absolute atomic E-state index is 0.0835. The Labute approximate surface area is 121 Å². The quantitative estimate of drug-likeness (QED) is 0.596. The van der Waals surface area contributed by atoms with Crippen LogP contribution in [0.5, 0.6) is 0 Å². The van der Waals surface area contributed by atoms with Gasteiger partial charge in [0, 0.05) is 22.5 Å². The third kappa shape index (κ3) is 5.89. The Hall–Kier alpha value is -0.520. The summed E-state index contributed by atoms with van der Waals surface area (Å²) in [4.78, 5) is 12.7. The highest BCUT2D eigenvalue weighted by molar-refractivity contribution is 9.10. The van der Waals surface area contributed by atoms with E-state index in [4.69, 9.17) is 0 Å². The van der Waals surface area contributed by atoms with E-state index in [-0.39, 0.29) is 5.91 Å². The second-order valence-electron chi connectivity index (χ2n) is 3.90. The summed E-state index contributed by atoms with van der Waals surface area (Å²) in [5, 5.41) is 6.05. The molecule has 100 valence electrons. The molecule has 1 rings (SSSR count). The van der Waals surface area contributed by atoms with Crippen LogP contribution in [0.3, 0.4) is 0 Å². The van der Waals surface area contributed by atoms with Crippen LogP contribution in [0.1, 0.15) is 12.5 Å². The molecule has 0 heterocycles. The average Bonchev–Trinajstić information content (AvgIpc) is 2.33. The summed E-state index contributed by atoms with van der Waals surface area (Å²) < 4.78 is 1.07. The first-order chi connectivity index (χ1) is 8.63. The summed E-state index contributed by atoms with van der Waals surface area (Å²) in [6.07, 6.45) is 0. The number of aryl methyl sites for hydroxylation is 1. The van der Waals surface area contributed by atoms with E-state index in [0.29, 0.717) is 12.3 Å². The van der Waals surface area contributed by atoms with Crippen LogP contribution in [-0.2, 0) is 4.79 Å². The van der Waals surface area contributed by atoms with Crippen LogP contribution in [0.15, 0.2) is 27.6 Å². The lowest BCUT2D eigenvalue weighted by Crippen LogP contribution is -2.32. The van der Waals surface area contributed by atoms with Crippen molar-refractivity contribution >= 4 is 33.6 Å². The maximum atomic E-state index is 11.6. The summed E-state index contributed by atoms with van der Waals surface area (Å²) >= 11 is 5.00. The maximum Gasteiger partial charge on any atom is 0.230 e. The number of halogens is 1. The van der Waals surface area contributed by atoms with E-state index in [2.05, 4.69) is 39.6 Å². The molecule has 0 aromatic heterocycles. The van der Waals surface area contributed by atoms with E-state index in [0.717, 1.165) is 22.5 Å². The third-order valence-corrected chi connectivity index (χ3v) is 4.04. The van der Waals surface area contributed by atoms with Crippen molar-refractivity contribution in [3.8, 4) is 0 Å². The minimum atomic E-state index is 0.0835. The van der Waals surface area contributed by atoms with Gasteiger partial charge in [0.15, 0.2) is 0 Å². The van der Waals surface area contributed by atoms with E-state index < -0.39 is 0 Å². The Morgan fingerprint density at radius 1 is 1.39 bits per heavy atom. The van der Waals surface area contributed by atoms with Crippen molar-refractivity contribution in [2.45, 2.75) is 18.7 Å². The number of hydrogen-bond acceptors (Lipinski definition) is 3. The van der Waals surface area contributed by atoms with Crippen LogP contribution in [0.4, 0.5) is 0 Å². The number of benzene rings is 1. The summed E-state index contributed by atoms with van der Waals surface area (Å²) in [5.74, 6) is 0.550. The molecule has 0 spiro atoms. The van der Waals surface area contributed by atoms with Gasteiger partial charge in [-0.3, -0.25) is 4.79 Å². The SMILES string of the molecule is CCNCCNC(=O)CSc1ccc(Br)cc1C. The molecule has 0 bridgehead atoms. The lowest BCUT2D eigenvalue weighted by molar-refractivity contribution is -0.118. The van der Waals surface area contributed by atoms with Crippen molar-refractivity contribution < 1.29 is 4.79 Å². The molecule has 0 fully saturated rings. The molecule has 0 radical (unpaired) electrons. The fourth-order valence-electron chi connectivity index (χ4n) is 1.44. The van der Waals surface area contributed by atoms with Crippen LogP contribution in [-0.4, -0.2) is 31.3 Å². The zero-order valence-corrected chi connectivity index (χ0v) is 13.2. The molecule has 5 heteroatoms. The highest BCUT2D eigenvalue weighted by atomic mass is 79.9. The molecule has 1 aromatic carbocycles. The number of carbonyl (C=O) groups is 1. The molecular formula is C13H19BrN2OS. The smallest absolute Gasteiger partial charge is 0.230 e. The second kappa shape index (κ2) is 8.56. The number of thioether (sulfide) groups is 1. The number of carbonyl (C=O) groups excluding carboxylic acids is 1. The number of amides is 1. The van der Waals surface area contributed by atoms with Crippen LogP contribution >= 0.6 is 27.7 Å². The zero-order valence-electron chi connectivity index (χ0n) is 10.8. The second-order valence-corrected chi connectivity index (χ2v) is 5.83. The molecule has 0 saturated heterocycles. The van der Waals surface area contributed by atoms with Crippen LogP contribution in [0.25, 0.3) is 0 Å². The first kappa shape index (κ1) is 15.5. The first-order valence-electron chi connectivity index (χ1n) is 6.00. The topological polar surface area (TPSA) is 41.1 Å². The number of nitrogens with one attached hydrogen (secondary N) is 2. The van der Waals surface area contributed by atoms with Gasteiger partial charge in [0.25, 0.3) is 0 Å². The van der Waals surface area contributed by atoms with E-state index in [9.17, 15) is 4.79 Å². The predicted molar refractivity (Wildman–Crippen MR) is 81.2 cm³/mol. The van der Waals surface area contributed by atoms with Gasteiger partial charge in [0.1, 0.15) is 0 Å². The highest BCUT2D eigenvalue weighted by Gasteiger charge is 2.04. The molecular weight excluding hydrogens is 312 g/mol. The molecule has 0 aliphatic heterocycles. The maximum absolute atomic E-state index is 11.6. The molecule has 0 aliphatic carbocycles. The Balaban J connectivity index is 2.29. The molecule has 0 unspecified atom stereocenters. The standard InChI is InChI=1S/C13H19BrN2OS/c1-3-15-6-7-16-13(17)9-18-12-5-4-11(14)8-10(12)2/h4-5,8,15H,3,6-7,9H2,1-2H3,(H,16,17). The van der Waals surface area contributed by atoms with Crippen molar-refractivity contribution in [3.05, 3.63) is 28.2 Å². The lowest BCUT2D eigenvalue weighted by Gasteiger charge is -2.07. The van der Waals surface area contributed by atoms with Crippen molar-refractivity contribution in [3.63, 3.8) is 0 Å². The van der Waals surface area contributed by atoms with Crippen LogP contribution < -0.4 is 10.6 Å². The van der Waals surface area contributed by atoms with E-state index in [1.165, 1.54) is 5.56 Å². The Morgan fingerprint density at radius 2 is 2.17 bits per heavy atom. The van der Waals surface area contributed by atoms with Crippen molar-refractivity contribution in [2.75, 3.05) is 25.4 Å². The molecule has 0 saturated carbocycles. The molecule has 2 N–H and O–H groups in total. The molecule has 0 atom stereocenters. The summed E-state index contributed by atoms with van der Waals surface area (Å²) in [5.41, 5.74) is 1.19. The highest BCUT2D eigenvalue weighted by Crippen LogP contribution is 2.24. The first-order valence-corrected chi connectivity index (χ1v) is 7.77. The third-order valence-electron chi connectivity index (χ3n) is 2.37. The summed E-state index contributed by atoms with van der Waals surface area (Å²) in [6.45, 7) is 6.55. The van der Waals surface area contributed by atoms with Gasteiger partial charge in [0.05, 0.1) is 5.75 Å². The molecule has 1 aromatic rings. The van der Waals surface area contributed by atoms with Gasteiger partial charge >= 0.3 is 0 Å². The zero-order chi connectivity index (χ0) is 13.4. The van der Waals surface area contributed by atoms with Gasteiger partial charge in [0.2, 0.25) is 5.91 Å². The van der Waals surface area contributed by atoms with Gasteiger partial charge in [-0.25, -0.2) is 0 Å². The predicted octanol–water partition coefficient (Wildman–Crippen LogP) is 2.58. The monoisotopic (exact) mass is 330 g/mol. The average molecular weight is 331 g/mol.